The van der Waals surface area contributed by atoms with E-state index < -0.39 is 4.92 Å². The molecule has 4 atom stereocenters. The summed E-state index contributed by atoms with van der Waals surface area (Å²) < 4.78 is 1.43. The minimum atomic E-state index is -0.441. The predicted molar refractivity (Wildman–Crippen MR) is 84.9 cm³/mol. The zero-order chi connectivity index (χ0) is 16.7. The van der Waals surface area contributed by atoms with Crippen molar-refractivity contribution in [2.24, 2.45) is 17.8 Å². The highest BCUT2D eigenvalue weighted by Crippen LogP contribution is 2.49. The third-order valence-corrected chi connectivity index (χ3v) is 5.64. The van der Waals surface area contributed by atoms with Crippen LogP contribution in [0, 0.1) is 41.7 Å². The fourth-order valence-electron chi connectivity index (χ4n) is 4.55. The number of hydrogen-bond acceptors (Lipinski definition) is 4. The van der Waals surface area contributed by atoms with Crippen LogP contribution in [-0.4, -0.2) is 26.7 Å². The van der Waals surface area contributed by atoms with Crippen molar-refractivity contribution in [3.8, 4) is 0 Å². The van der Waals surface area contributed by atoms with Gasteiger partial charge < -0.3 is 5.32 Å². The molecular weight excluding hydrogens is 296 g/mol. The summed E-state index contributed by atoms with van der Waals surface area (Å²) in [6, 6.07) is 0.157. The number of hydrogen-bond donors (Lipinski definition) is 1. The summed E-state index contributed by atoms with van der Waals surface area (Å²) in [5.74, 6) is 2.06. The largest absolute Gasteiger partial charge is 0.352 e. The molecule has 2 aliphatic rings. The van der Waals surface area contributed by atoms with Gasteiger partial charge in [0.25, 0.3) is 0 Å². The molecule has 0 radical (unpaired) electrons. The highest BCUT2D eigenvalue weighted by atomic mass is 16.6. The van der Waals surface area contributed by atoms with Gasteiger partial charge in [0.1, 0.15) is 17.9 Å². The lowest BCUT2D eigenvalue weighted by Crippen LogP contribution is -2.41. The van der Waals surface area contributed by atoms with Gasteiger partial charge in [-0.25, -0.2) is 0 Å². The molecule has 0 aliphatic heterocycles. The second kappa shape index (κ2) is 5.94. The Morgan fingerprint density at radius 2 is 2.17 bits per heavy atom. The van der Waals surface area contributed by atoms with E-state index in [9.17, 15) is 14.9 Å². The lowest BCUT2D eigenvalue weighted by atomic mass is 9.84. The van der Waals surface area contributed by atoms with Gasteiger partial charge in [0.15, 0.2) is 0 Å². The van der Waals surface area contributed by atoms with Crippen molar-refractivity contribution < 1.29 is 9.72 Å². The SMILES string of the molecule is Cc1nn(CC(=O)N[C@H](C)[C@H]2C[C@@H]3CC[C@H]2C3)c(C)c1[N+](=O)[O-]. The molecule has 7 nitrogen and oxygen atoms in total. The van der Waals surface area contributed by atoms with E-state index in [0.717, 1.165) is 11.8 Å². The lowest BCUT2D eigenvalue weighted by molar-refractivity contribution is -0.386. The number of rotatable bonds is 5. The first-order chi connectivity index (χ1) is 10.9. The molecule has 0 unspecified atom stereocenters. The fraction of sp³-hybridized carbons (Fsp3) is 0.750. The van der Waals surface area contributed by atoms with Gasteiger partial charge in [-0.3, -0.25) is 19.6 Å². The maximum Gasteiger partial charge on any atom is 0.312 e. The summed E-state index contributed by atoms with van der Waals surface area (Å²) in [6.45, 7) is 5.33. The van der Waals surface area contributed by atoms with Crippen LogP contribution in [-0.2, 0) is 11.3 Å². The Morgan fingerprint density at radius 1 is 1.43 bits per heavy atom. The van der Waals surface area contributed by atoms with Crippen molar-refractivity contribution in [3.63, 3.8) is 0 Å². The predicted octanol–water partition coefficient (Wildman–Crippen LogP) is 2.35. The maximum absolute atomic E-state index is 12.3. The lowest BCUT2D eigenvalue weighted by Gasteiger charge is -2.28. The van der Waals surface area contributed by atoms with E-state index in [-0.39, 0.29) is 24.2 Å². The van der Waals surface area contributed by atoms with Gasteiger partial charge in [0, 0.05) is 6.04 Å². The molecule has 2 fully saturated rings. The van der Waals surface area contributed by atoms with Crippen LogP contribution in [0.4, 0.5) is 5.69 Å². The topological polar surface area (TPSA) is 90.1 Å². The van der Waals surface area contributed by atoms with Gasteiger partial charge in [-0.05, 0) is 57.8 Å². The minimum Gasteiger partial charge on any atom is -0.352 e. The Bertz CT molecular complexity index is 640. The Labute approximate surface area is 135 Å². The molecule has 0 spiro atoms. The second-order valence-corrected chi connectivity index (χ2v) is 7.13. The third-order valence-electron chi connectivity index (χ3n) is 5.64. The normalized spacial score (nSPS) is 27.2. The van der Waals surface area contributed by atoms with Crippen LogP contribution in [0.15, 0.2) is 0 Å². The number of nitrogens with zero attached hydrogens (tertiary/aromatic N) is 3. The van der Waals surface area contributed by atoms with Crippen molar-refractivity contribution >= 4 is 11.6 Å². The van der Waals surface area contributed by atoms with E-state index in [1.54, 1.807) is 13.8 Å². The van der Waals surface area contributed by atoms with Crippen LogP contribution in [0.3, 0.4) is 0 Å². The highest BCUT2D eigenvalue weighted by molar-refractivity contribution is 5.76. The summed E-state index contributed by atoms with van der Waals surface area (Å²) in [7, 11) is 0. The van der Waals surface area contributed by atoms with Gasteiger partial charge in [0.2, 0.25) is 5.91 Å². The number of carbonyl (C=O) groups is 1. The Balaban J connectivity index is 1.61. The molecule has 1 aromatic rings. The zero-order valence-corrected chi connectivity index (χ0v) is 13.9. The van der Waals surface area contributed by atoms with Crippen molar-refractivity contribution in [1.29, 1.82) is 0 Å². The van der Waals surface area contributed by atoms with Crippen LogP contribution >= 0.6 is 0 Å². The van der Waals surface area contributed by atoms with Gasteiger partial charge in [0.05, 0.1) is 4.92 Å². The smallest absolute Gasteiger partial charge is 0.312 e. The van der Waals surface area contributed by atoms with Crippen LogP contribution < -0.4 is 5.32 Å². The Morgan fingerprint density at radius 3 is 2.70 bits per heavy atom. The number of nitrogens with one attached hydrogen (secondary N) is 1. The molecule has 1 amide bonds. The van der Waals surface area contributed by atoms with Crippen LogP contribution in [0.2, 0.25) is 0 Å². The summed E-state index contributed by atoms with van der Waals surface area (Å²) in [5.41, 5.74) is 0.774. The molecule has 0 saturated heterocycles. The Hall–Kier alpha value is -1.92. The van der Waals surface area contributed by atoms with E-state index in [0.29, 0.717) is 17.3 Å². The number of aryl methyl sites for hydroxylation is 1. The van der Waals surface area contributed by atoms with Gasteiger partial charge >= 0.3 is 5.69 Å². The molecule has 2 bridgehead atoms. The highest BCUT2D eigenvalue weighted by Gasteiger charge is 2.42. The first-order valence-electron chi connectivity index (χ1n) is 8.34. The van der Waals surface area contributed by atoms with E-state index in [4.69, 9.17) is 0 Å². The van der Waals surface area contributed by atoms with Crippen molar-refractivity contribution in [2.45, 2.75) is 59.0 Å². The monoisotopic (exact) mass is 320 g/mol. The van der Waals surface area contributed by atoms with E-state index in [1.165, 1.54) is 30.4 Å². The number of amides is 1. The maximum atomic E-state index is 12.3. The number of fused-ring (bicyclic) bond motifs is 2. The quantitative estimate of drug-likeness (QED) is 0.666. The minimum absolute atomic E-state index is 0.000971. The molecule has 2 aliphatic carbocycles. The van der Waals surface area contributed by atoms with E-state index in [2.05, 4.69) is 17.3 Å². The fourth-order valence-corrected chi connectivity index (χ4v) is 4.55. The summed E-state index contributed by atoms with van der Waals surface area (Å²) in [4.78, 5) is 22.9. The van der Waals surface area contributed by atoms with E-state index in [1.807, 2.05) is 0 Å². The average molecular weight is 320 g/mol. The van der Waals surface area contributed by atoms with Crippen molar-refractivity contribution in [3.05, 3.63) is 21.5 Å². The molecule has 0 aromatic carbocycles. The second-order valence-electron chi connectivity index (χ2n) is 7.13. The van der Waals surface area contributed by atoms with Crippen LogP contribution in [0.25, 0.3) is 0 Å². The molecule has 7 heteroatoms. The summed E-state index contributed by atoms with van der Waals surface area (Å²) >= 11 is 0. The number of carbonyl (C=O) groups excluding carboxylic acids is 1. The zero-order valence-electron chi connectivity index (χ0n) is 13.9. The van der Waals surface area contributed by atoms with Gasteiger partial charge in [-0.15, -0.1) is 0 Å². The first kappa shape index (κ1) is 16.0. The molecule has 126 valence electrons. The molecule has 1 heterocycles. The first-order valence-corrected chi connectivity index (χ1v) is 8.34. The summed E-state index contributed by atoms with van der Waals surface area (Å²) in [6.07, 6.45) is 5.17. The van der Waals surface area contributed by atoms with Crippen molar-refractivity contribution in [1.82, 2.24) is 15.1 Å². The molecule has 3 rings (SSSR count). The van der Waals surface area contributed by atoms with E-state index >= 15 is 0 Å². The number of nitro groups is 1. The van der Waals surface area contributed by atoms with Crippen molar-refractivity contribution in [2.75, 3.05) is 0 Å². The molecule has 23 heavy (non-hydrogen) atoms. The van der Waals surface area contributed by atoms with Gasteiger partial charge in [-0.1, -0.05) is 6.42 Å². The average Bonchev–Trinajstić information content (AvgIpc) is 3.14. The third kappa shape index (κ3) is 2.96. The van der Waals surface area contributed by atoms with Gasteiger partial charge in [-0.2, -0.15) is 5.10 Å². The standard InChI is InChI=1S/C16H24N4O3/c1-9(14-7-12-4-5-13(14)6-12)17-15(21)8-19-11(3)16(20(22)23)10(2)18-19/h9,12-14H,4-8H2,1-3H3,(H,17,21)/t9-,12-,13+,14-/m1/s1. The molecule has 1 N–H and O–H groups in total. The Kier molecular flexibility index (Phi) is 4.12. The molecular formula is C16H24N4O3. The van der Waals surface area contributed by atoms with Crippen LogP contribution in [0.5, 0.6) is 0 Å². The molecule has 2 saturated carbocycles. The van der Waals surface area contributed by atoms with Crippen LogP contribution in [0.1, 0.15) is 44.0 Å². The summed E-state index contributed by atoms with van der Waals surface area (Å²) in [5, 5.41) is 18.2. The number of aromatic nitrogens is 2. The molecule has 1 aromatic heterocycles.